The molecule has 0 fully saturated rings. The summed E-state index contributed by atoms with van der Waals surface area (Å²) in [5, 5.41) is 4.24. The van der Waals surface area contributed by atoms with Gasteiger partial charge in [-0.05, 0) is 69.2 Å². The molecule has 0 spiro atoms. The first kappa shape index (κ1) is 29.7. The van der Waals surface area contributed by atoms with Crippen LogP contribution < -0.4 is 14.5 Å². The summed E-state index contributed by atoms with van der Waals surface area (Å²) in [5.74, 6) is 0.645. The van der Waals surface area contributed by atoms with Crippen molar-refractivity contribution in [3.63, 3.8) is 0 Å². The Balaban J connectivity index is 0.00000325. The summed E-state index contributed by atoms with van der Waals surface area (Å²) in [5.41, 5.74) is 5.35. The van der Waals surface area contributed by atoms with Gasteiger partial charge in [0.2, 0.25) is 0 Å². The summed E-state index contributed by atoms with van der Waals surface area (Å²) in [4.78, 5) is 9.02. The molecule has 0 atom stereocenters. The second-order valence-electron chi connectivity index (χ2n) is 11.9. The van der Waals surface area contributed by atoms with E-state index in [1.165, 1.54) is 25.7 Å². The molecule has 1 aliphatic heterocycles. The quantitative estimate of drug-likeness (QED) is 0.162. The van der Waals surface area contributed by atoms with Crippen LogP contribution in [0.4, 0.5) is 11.4 Å². The van der Waals surface area contributed by atoms with E-state index in [2.05, 4.69) is 92.4 Å². The van der Waals surface area contributed by atoms with Crippen LogP contribution in [0.15, 0.2) is 110 Å². The molecular formula is C38H28N3OPtS2-3. The van der Waals surface area contributed by atoms with Crippen molar-refractivity contribution in [1.82, 2.24) is 4.98 Å². The van der Waals surface area contributed by atoms with Gasteiger partial charge in [-0.3, -0.25) is 4.98 Å². The van der Waals surface area contributed by atoms with E-state index in [-0.39, 0.29) is 26.5 Å². The number of fused-ring (bicyclic) bond motifs is 4. The van der Waals surface area contributed by atoms with Gasteiger partial charge in [-0.2, -0.15) is 22.8 Å². The monoisotopic (exact) mass is 801 g/mol. The van der Waals surface area contributed by atoms with Crippen molar-refractivity contribution in [3.05, 3.63) is 134 Å². The van der Waals surface area contributed by atoms with Gasteiger partial charge in [0.25, 0.3) is 0 Å². The fraction of sp³-hybridized carbons (Fsp3) is 0.105. The zero-order chi connectivity index (χ0) is 29.8. The number of benzene rings is 4. The first-order chi connectivity index (χ1) is 21.4. The summed E-state index contributed by atoms with van der Waals surface area (Å²) in [6.45, 7) is 8.76. The van der Waals surface area contributed by atoms with Gasteiger partial charge in [0.1, 0.15) is 5.06 Å². The van der Waals surface area contributed by atoms with E-state index in [0.717, 1.165) is 32.7 Å². The largest absolute Gasteiger partial charge is 0.500 e. The molecule has 7 heteroatoms. The minimum absolute atomic E-state index is 0. The minimum atomic E-state index is 0. The second kappa shape index (κ2) is 11.8. The Hall–Kier alpha value is -3.96. The molecule has 0 radical (unpaired) electrons. The number of aromatic nitrogens is 1. The molecule has 3 aromatic heterocycles. The van der Waals surface area contributed by atoms with Crippen molar-refractivity contribution in [1.29, 1.82) is 0 Å². The molecule has 0 N–H and O–H groups in total. The third kappa shape index (κ3) is 5.56. The normalized spacial score (nSPS) is 13.2. The minimum Gasteiger partial charge on any atom is -0.500 e. The first-order valence-corrected chi connectivity index (χ1v) is 16.2. The molecule has 45 heavy (non-hydrogen) atoms. The Bertz CT molecular complexity index is 2200. The van der Waals surface area contributed by atoms with Crippen molar-refractivity contribution < 1.29 is 25.8 Å². The number of para-hydroxylation sites is 1. The average molecular weight is 802 g/mol. The van der Waals surface area contributed by atoms with Crippen LogP contribution in [0.2, 0.25) is 0 Å². The molecule has 1 aliphatic rings. The number of nitrogens with zero attached hydrogens (tertiary/aromatic N) is 3. The standard InChI is InChI=1S/C38H28N3OS2.Pt/c1-38(2,3)25-16-17-39-32(20-25)36-31-23-35(43-34(31)22-30-29-14-7-8-15-33(29)44-37(30)36)42-28-13-9-12-27(21-28)41-19-18-40(24-41)26-10-5-4-6-11-26;/h4-20,22,24H,1-3H3;/q-3;. The van der Waals surface area contributed by atoms with E-state index in [1.54, 1.807) is 11.3 Å². The molecular weight excluding hydrogens is 774 g/mol. The van der Waals surface area contributed by atoms with Crippen molar-refractivity contribution >= 4 is 64.3 Å². The molecule has 8 rings (SSSR count). The Morgan fingerprint density at radius 1 is 0.778 bits per heavy atom. The number of anilines is 2. The van der Waals surface area contributed by atoms with Crippen LogP contribution in [0, 0.1) is 18.8 Å². The maximum atomic E-state index is 6.45. The van der Waals surface area contributed by atoms with Crippen LogP contribution in [0.5, 0.6) is 10.8 Å². The maximum Gasteiger partial charge on any atom is 0.107 e. The first-order valence-electron chi connectivity index (χ1n) is 14.5. The molecule has 0 amide bonds. The predicted molar refractivity (Wildman–Crippen MR) is 186 cm³/mol. The molecule has 4 aromatic carbocycles. The Morgan fingerprint density at radius 3 is 2.42 bits per heavy atom. The Morgan fingerprint density at radius 2 is 1.58 bits per heavy atom. The topological polar surface area (TPSA) is 28.6 Å². The maximum absolute atomic E-state index is 6.45. The van der Waals surface area contributed by atoms with Crippen molar-refractivity contribution in [2.75, 3.05) is 9.80 Å². The van der Waals surface area contributed by atoms with Crippen LogP contribution in [-0.2, 0) is 26.5 Å². The van der Waals surface area contributed by atoms with Gasteiger partial charge < -0.3 is 14.5 Å². The zero-order valence-electron chi connectivity index (χ0n) is 24.9. The van der Waals surface area contributed by atoms with Crippen LogP contribution in [0.25, 0.3) is 41.5 Å². The van der Waals surface area contributed by atoms with Crippen LogP contribution in [-0.4, -0.2) is 4.98 Å². The summed E-state index contributed by atoms with van der Waals surface area (Å²) >= 11 is 3.43. The van der Waals surface area contributed by atoms with Crippen molar-refractivity contribution in [2.24, 2.45) is 0 Å². The van der Waals surface area contributed by atoms with Gasteiger partial charge in [0.05, 0.1) is 0 Å². The molecule has 4 heterocycles. The summed E-state index contributed by atoms with van der Waals surface area (Å²) in [7, 11) is 0. The third-order valence-corrected chi connectivity index (χ3v) is 9.99. The van der Waals surface area contributed by atoms with Gasteiger partial charge in [-0.25, -0.2) is 0 Å². The molecule has 4 nitrogen and oxygen atoms in total. The Labute approximate surface area is 285 Å². The van der Waals surface area contributed by atoms with E-state index >= 15 is 0 Å². The number of thiophene rings is 2. The number of ether oxygens (including phenoxy) is 1. The molecule has 0 aliphatic carbocycles. The molecule has 0 saturated heterocycles. The summed E-state index contributed by atoms with van der Waals surface area (Å²) < 4.78 is 10.1. The van der Waals surface area contributed by atoms with Gasteiger partial charge in [0, 0.05) is 49.1 Å². The molecule has 226 valence electrons. The number of pyridine rings is 1. The number of hydrogen-bond donors (Lipinski definition) is 0. The van der Waals surface area contributed by atoms with Gasteiger partial charge in [-0.15, -0.1) is 48.0 Å². The van der Waals surface area contributed by atoms with Gasteiger partial charge in [0.15, 0.2) is 0 Å². The smallest absolute Gasteiger partial charge is 0.107 e. The average Bonchev–Trinajstić information content (AvgIpc) is 3.77. The SMILES string of the molecule is CC(C)(C)c1ccnc(-c2c3[c-]c(Oc4[c-]c(N5C=CN(c6ccccc6)[CH-]5)ccc4)sc3cc3c2sc2ccccc23)c1.[Pt]. The number of rotatable bonds is 5. The summed E-state index contributed by atoms with van der Waals surface area (Å²) in [6, 6.07) is 38.6. The van der Waals surface area contributed by atoms with Crippen molar-refractivity contribution in [3.8, 4) is 22.1 Å². The molecule has 0 unspecified atom stereocenters. The second-order valence-corrected chi connectivity index (χ2v) is 13.9. The van der Waals surface area contributed by atoms with Crippen LogP contribution >= 0.6 is 22.7 Å². The molecule has 0 saturated carbocycles. The van der Waals surface area contributed by atoms with E-state index in [0.29, 0.717) is 10.8 Å². The van der Waals surface area contributed by atoms with Gasteiger partial charge in [-0.1, -0.05) is 73.5 Å². The molecule has 7 aromatic rings. The van der Waals surface area contributed by atoms with E-state index in [1.807, 2.05) is 77.9 Å². The van der Waals surface area contributed by atoms with E-state index in [4.69, 9.17) is 9.72 Å². The Kier molecular flexibility index (Phi) is 7.77. The van der Waals surface area contributed by atoms with E-state index < -0.39 is 0 Å². The summed E-state index contributed by atoms with van der Waals surface area (Å²) in [6.07, 6.45) is 5.99. The fourth-order valence-corrected chi connectivity index (χ4v) is 7.75. The fourth-order valence-electron chi connectivity index (χ4n) is 5.59. The van der Waals surface area contributed by atoms with Gasteiger partial charge >= 0.3 is 0 Å². The predicted octanol–water partition coefficient (Wildman–Crippen LogP) is 10.9. The molecule has 0 bridgehead atoms. The van der Waals surface area contributed by atoms with E-state index in [9.17, 15) is 0 Å². The number of hydrogen-bond acceptors (Lipinski definition) is 6. The van der Waals surface area contributed by atoms with Crippen molar-refractivity contribution in [2.45, 2.75) is 26.2 Å². The zero-order valence-corrected chi connectivity index (χ0v) is 28.8. The van der Waals surface area contributed by atoms with Crippen LogP contribution in [0.3, 0.4) is 0 Å². The van der Waals surface area contributed by atoms with Crippen LogP contribution in [0.1, 0.15) is 26.3 Å². The third-order valence-electron chi connectivity index (χ3n) is 7.87.